The first-order valence-corrected chi connectivity index (χ1v) is 6.73. The number of carbonyl (C=O) groups excluding carboxylic acids is 1. The molecule has 0 saturated carbocycles. The molecule has 0 aromatic heterocycles. The van der Waals surface area contributed by atoms with Crippen molar-refractivity contribution in [3.63, 3.8) is 0 Å². The number of hydrogen-bond donors (Lipinski definition) is 2. The monoisotopic (exact) mass is 257 g/mol. The molecule has 0 aromatic carbocycles. The fraction of sp³-hybridized carbons (Fsp3) is 0.923. The van der Waals surface area contributed by atoms with Gasteiger partial charge in [-0.3, -0.25) is 9.69 Å². The van der Waals surface area contributed by atoms with E-state index in [1.807, 2.05) is 6.92 Å². The van der Waals surface area contributed by atoms with E-state index < -0.39 is 5.54 Å². The number of carbonyl (C=O) groups is 1. The van der Waals surface area contributed by atoms with E-state index >= 15 is 0 Å². The third-order valence-electron chi connectivity index (χ3n) is 3.95. The molecule has 0 aromatic rings. The number of hydrogen-bond acceptors (Lipinski definition) is 4. The zero-order valence-corrected chi connectivity index (χ0v) is 12.0. The lowest BCUT2D eigenvalue weighted by atomic mass is 9.95. The number of nitrogens with two attached hydrogens (primary N) is 1. The second-order valence-electron chi connectivity index (χ2n) is 5.54. The largest absolute Gasteiger partial charge is 0.376 e. The van der Waals surface area contributed by atoms with Crippen molar-refractivity contribution < 1.29 is 9.53 Å². The standard InChI is InChI=1S/C13H27N3O2/c1-10-9-18-11(2)8-16(10)7-5-6-13(3,15-4)12(14)17/h10-11,15H,5-9H2,1-4H3,(H2,14,17). The molecule has 3 unspecified atom stereocenters. The number of amides is 1. The van der Waals surface area contributed by atoms with Gasteiger partial charge in [-0.05, 0) is 47.2 Å². The van der Waals surface area contributed by atoms with E-state index in [0.717, 1.165) is 32.5 Å². The van der Waals surface area contributed by atoms with Crippen molar-refractivity contribution in [1.29, 1.82) is 0 Å². The third-order valence-corrected chi connectivity index (χ3v) is 3.95. The van der Waals surface area contributed by atoms with Gasteiger partial charge in [0.1, 0.15) is 0 Å². The Hall–Kier alpha value is -0.650. The minimum absolute atomic E-state index is 0.284. The fourth-order valence-electron chi connectivity index (χ4n) is 2.29. The molecule has 1 rings (SSSR count). The van der Waals surface area contributed by atoms with Gasteiger partial charge in [0.25, 0.3) is 0 Å². The Bertz CT molecular complexity index is 285. The Balaban J connectivity index is 2.38. The predicted octanol–water partition coefficient (Wildman–Crippen LogP) is 0.339. The van der Waals surface area contributed by atoms with Crippen LogP contribution in [0.3, 0.4) is 0 Å². The maximum atomic E-state index is 11.4. The van der Waals surface area contributed by atoms with E-state index in [9.17, 15) is 4.79 Å². The van der Waals surface area contributed by atoms with Gasteiger partial charge in [-0.15, -0.1) is 0 Å². The van der Waals surface area contributed by atoms with Gasteiger partial charge in [0, 0.05) is 12.6 Å². The van der Waals surface area contributed by atoms with E-state index in [-0.39, 0.29) is 5.91 Å². The van der Waals surface area contributed by atoms with Crippen LogP contribution in [0.2, 0.25) is 0 Å². The Morgan fingerprint density at radius 3 is 2.78 bits per heavy atom. The lowest BCUT2D eigenvalue weighted by molar-refractivity contribution is -0.124. The van der Waals surface area contributed by atoms with Crippen LogP contribution in [0.15, 0.2) is 0 Å². The van der Waals surface area contributed by atoms with E-state index in [1.165, 1.54) is 0 Å². The highest BCUT2D eigenvalue weighted by Crippen LogP contribution is 2.15. The number of morpholine rings is 1. The van der Waals surface area contributed by atoms with Crippen LogP contribution < -0.4 is 11.1 Å². The van der Waals surface area contributed by atoms with E-state index in [1.54, 1.807) is 7.05 Å². The lowest BCUT2D eigenvalue weighted by Gasteiger charge is -2.37. The molecular formula is C13H27N3O2. The molecule has 1 aliphatic heterocycles. The summed E-state index contributed by atoms with van der Waals surface area (Å²) in [4.78, 5) is 13.8. The highest BCUT2D eigenvalue weighted by Gasteiger charge is 2.29. The fourth-order valence-corrected chi connectivity index (χ4v) is 2.29. The normalized spacial score (nSPS) is 28.9. The highest BCUT2D eigenvalue weighted by molar-refractivity contribution is 5.84. The number of ether oxygens (including phenoxy) is 1. The maximum Gasteiger partial charge on any atom is 0.237 e. The Labute approximate surface area is 110 Å². The molecule has 1 heterocycles. The second kappa shape index (κ2) is 6.50. The van der Waals surface area contributed by atoms with Crippen LogP contribution in [0.1, 0.15) is 33.6 Å². The van der Waals surface area contributed by atoms with Crippen molar-refractivity contribution in [2.24, 2.45) is 5.73 Å². The molecule has 18 heavy (non-hydrogen) atoms. The average molecular weight is 257 g/mol. The molecule has 0 bridgehead atoms. The van der Waals surface area contributed by atoms with Crippen molar-refractivity contribution in [2.45, 2.75) is 51.3 Å². The SMILES string of the molecule is CNC(C)(CCCN1CC(C)OCC1C)C(N)=O. The Morgan fingerprint density at radius 1 is 1.56 bits per heavy atom. The predicted molar refractivity (Wildman–Crippen MR) is 72.3 cm³/mol. The summed E-state index contributed by atoms with van der Waals surface area (Å²) in [5, 5.41) is 3.02. The van der Waals surface area contributed by atoms with Crippen molar-refractivity contribution >= 4 is 5.91 Å². The molecule has 1 amide bonds. The van der Waals surface area contributed by atoms with Crippen LogP contribution >= 0.6 is 0 Å². The minimum Gasteiger partial charge on any atom is -0.376 e. The van der Waals surface area contributed by atoms with Crippen LogP contribution in [0, 0.1) is 0 Å². The lowest BCUT2D eigenvalue weighted by Crippen LogP contribution is -2.52. The maximum absolute atomic E-state index is 11.4. The van der Waals surface area contributed by atoms with Gasteiger partial charge in [-0.25, -0.2) is 0 Å². The minimum atomic E-state index is -0.596. The van der Waals surface area contributed by atoms with E-state index in [4.69, 9.17) is 10.5 Å². The molecule has 1 fully saturated rings. The van der Waals surface area contributed by atoms with Crippen LogP contribution in [-0.4, -0.2) is 55.2 Å². The third kappa shape index (κ3) is 3.93. The van der Waals surface area contributed by atoms with Crippen LogP contribution in [0.4, 0.5) is 0 Å². The highest BCUT2D eigenvalue weighted by atomic mass is 16.5. The molecule has 5 heteroatoms. The molecule has 3 N–H and O–H groups in total. The summed E-state index contributed by atoms with van der Waals surface area (Å²) >= 11 is 0. The Morgan fingerprint density at radius 2 is 2.22 bits per heavy atom. The van der Waals surface area contributed by atoms with Crippen molar-refractivity contribution in [3.05, 3.63) is 0 Å². The molecule has 5 nitrogen and oxygen atoms in total. The van der Waals surface area contributed by atoms with Gasteiger partial charge >= 0.3 is 0 Å². The summed E-state index contributed by atoms with van der Waals surface area (Å²) in [6, 6.07) is 0.454. The molecular weight excluding hydrogens is 230 g/mol. The number of nitrogens with one attached hydrogen (secondary N) is 1. The van der Waals surface area contributed by atoms with Gasteiger partial charge in [-0.2, -0.15) is 0 Å². The number of nitrogens with zero attached hydrogens (tertiary/aromatic N) is 1. The van der Waals surface area contributed by atoms with Crippen molar-refractivity contribution in [3.8, 4) is 0 Å². The molecule has 0 radical (unpaired) electrons. The van der Waals surface area contributed by atoms with Crippen LogP contribution in [0.5, 0.6) is 0 Å². The van der Waals surface area contributed by atoms with Gasteiger partial charge < -0.3 is 15.8 Å². The van der Waals surface area contributed by atoms with Gasteiger partial charge in [0.05, 0.1) is 18.2 Å². The van der Waals surface area contributed by atoms with Gasteiger partial charge in [-0.1, -0.05) is 0 Å². The molecule has 106 valence electrons. The smallest absolute Gasteiger partial charge is 0.237 e. The zero-order valence-electron chi connectivity index (χ0n) is 12.0. The average Bonchev–Trinajstić information content (AvgIpc) is 2.33. The Kier molecular flexibility index (Phi) is 5.56. The molecule has 1 saturated heterocycles. The zero-order chi connectivity index (χ0) is 13.8. The summed E-state index contributed by atoms with van der Waals surface area (Å²) in [6.07, 6.45) is 2.02. The summed E-state index contributed by atoms with van der Waals surface area (Å²) in [5.41, 5.74) is 4.82. The number of likely N-dealkylation sites (N-methyl/N-ethyl adjacent to an activating group) is 1. The van der Waals surface area contributed by atoms with E-state index in [0.29, 0.717) is 12.1 Å². The first kappa shape index (κ1) is 15.4. The molecule has 3 atom stereocenters. The topological polar surface area (TPSA) is 67.6 Å². The van der Waals surface area contributed by atoms with Crippen molar-refractivity contribution in [1.82, 2.24) is 10.2 Å². The van der Waals surface area contributed by atoms with E-state index in [2.05, 4.69) is 24.1 Å². The van der Waals surface area contributed by atoms with Gasteiger partial charge in [0.2, 0.25) is 5.91 Å². The van der Waals surface area contributed by atoms with Crippen molar-refractivity contribution in [2.75, 3.05) is 26.7 Å². The summed E-state index contributed by atoms with van der Waals surface area (Å²) in [5.74, 6) is -0.284. The van der Waals surface area contributed by atoms with Crippen LogP contribution in [-0.2, 0) is 9.53 Å². The number of rotatable bonds is 6. The summed E-state index contributed by atoms with van der Waals surface area (Å²) in [7, 11) is 1.78. The second-order valence-corrected chi connectivity index (χ2v) is 5.54. The quantitative estimate of drug-likeness (QED) is 0.720. The summed E-state index contributed by atoms with van der Waals surface area (Å²) in [6.45, 7) is 8.88. The molecule has 1 aliphatic rings. The summed E-state index contributed by atoms with van der Waals surface area (Å²) < 4.78 is 5.60. The van der Waals surface area contributed by atoms with Crippen LogP contribution in [0.25, 0.3) is 0 Å². The first-order valence-electron chi connectivity index (χ1n) is 6.73. The molecule has 0 spiro atoms. The number of primary amides is 1. The molecule has 0 aliphatic carbocycles. The van der Waals surface area contributed by atoms with Gasteiger partial charge in [0.15, 0.2) is 0 Å². The first-order chi connectivity index (χ1) is 8.39.